The number of carbonyl (C=O) groups is 3. The van der Waals surface area contributed by atoms with Gasteiger partial charge < -0.3 is 10.2 Å². The van der Waals surface area contributed by atoms with Crippen molar-refractivity contribution in [1.29, 1.82) is 0 Å². The Balaban J connectivity index is 1.39. The van der Waals surface area contributed by atoms with Crippen LogP contribution < -0.4 is 5.32 Å². The second-order valence-corrected chi connectivity index (χ2v) is 8.07. The summed E-state index contributed by atoms with van der Waals surface area (Å²) in [6, 6.07) is 9.31. The Bertz CT molecular complexity index is 934. The van der Waals surface area contributed by atoms with Crippen molar-refractivity contribution in [3.8, 4) is 0 Å². The van der Waals surface area contributed by atoms with E-state index in [9.17, 15) is 14.4 Å². The summed E-state index contributed by atoms with van der Waals surface area (Å²) in [5, 5.41) is 7.08. The van der Waals surface area contributed by atoms with Crippen LogP contribution in [-0.2, 0) is 22.7 Å². The predicted octanol–water partition coefficient (Wildman–Crippen LogP) is 2.14. The number of urea groups is 1. The molecule has 1 aliphatic carbocycles. The van der Waals surface area contributed by atoms with E-state index in [-0.39, 0.29) is 24.4 Å². The van der Waals surface area contributed by atoms with Crippen LogP contribution in [0, 0.1) is 0 Å². The molecule has 1 aromatic carbocycles. The predicted molar refractivity (Wildman–Crippen MR) is 110 cm³/mol. The summed E-state index contributed by atoms with van der Waals surface area (Å²) in [5.74, 6) is -0.573. The molecule has 8 heteroatoms. The molecule has 0 bridgehead atoms. The van der Waals surface area contributed by atoms with Crippen LogP contribution in [0.4, 0.5) is 4.79 Å². The smallest absolute Gasteiger partial charge is 0.327 e. The van der Waals surface area contributed by atoms with Gasteiger partial charge in [0.1, 0.15) is 12.1 Å². The third-order valence-corrected chi connectivity index (χ3v) is 6.27. The average Bonchev–Trinajstić information content (AvgIpc) is 3.33. The van der Waals surface area contributed by atoms with Crippen molar-refractivity contribution < 1.29 is 14.4 Å². The summed E-state index contributed by atoms with van der Waals surface area (Å²) in [5.41, 5.74) is 1.27. The van der Waals surface area contributed by atoms with Gasteiger partial charge in [-0.3, -0.25) is 19.2 Å². The highest BCUT2D eigenvalue weighted by molar-refractivity contribution is 6.08. The number of carbonyl (C=O) groups excluding carboxylic acids is 3. The van der Waals surface area contributed by atoms with Crippen molar-refractivity contribution in [3.05, 3.63) is 53.9 Å². The maximum Gasteiger partial charge on any atom is 0.327 e. The summed E-state index contributed by atoms with van der Waals surface area (Å²) in [4.78, 5) is 40.9. The molecular formula is C22H27N5O3. The van der Waals surface area contributed by atoms with Gasteiger partial charge in [0.2, 0.25) is 5.91 Å². The lowest BCUT2D eigenvalue weighted by Gasteiger charge is -2.35. The van der Waals surface area contributed by atoms with Crippen molar-refractivity contribution in [1.82, 2.24) is 24.9 Å². The highest BCUT2D eigenvalue weighted by Crippen LogP contribution is 2.39. The summed E-state index contributed by atoms with van der Waals surface area (Å²) >= 11 is 0. The number of amides is 4. The maximum atomic E-state index is 13.0. The highest BCUT2D eigenvalue weighted by Gasteiger charge is 2.55. The molecule has 4 amide bonds. The molecule has 0 atom stereocenters. The van der Waals surface area contributed by atoms with Crippen molar-refractivity contribution in [3.63, 3.8) is 0 Å². The number of imide groups is 1. The van der Waals surface area contributed by atoms with Crippen LogP contribution in [0.1, 0.15) is 43.2 Å². The van der Waals surface area contributed by atoms with E-state index >= 15 is 0 Å². The fraction of sp³-hybridized carbons (Fsp3) is 0.455. The van der Waals surface area contributed by atoms with E-state index in [1.165, 1.54) is 0 Å². The maximum absolute atomic E-state index is 13.0. The number of likely N-dealkylation sites (N-methyl/N-ethyl adjacent to an activating group) is 1. The van der Waals surface area contributed by atoms with Crippen LogP contribution >= 0.6 is 0 Å². The molecule has 4 rings (SSSR count). The molecular weight excluding hydrogens is 382 g/mol. The third kappa shape index (κ3) is 3.69. The first kappa shape index (κ1) is 20.1. The van der Waals surface area contributed by atoms with Crippen molar-refractivity contribution in [2.75, 3.05) is 13.6 Å². The molecule has 2 aromatic rings. The molecule has 2 fully saturated rings. The summed E-state index contributed by atoms with van der Waals surface area (Å²) in [6.07, 6.45) is 7.89. The number of rotatable bonds is 6. The molecule has 0 radical (unpaired) electrons. The van der Waals surface area contributed by atoms with Gasteiger partial charge in [-0.25, -0.2) is 4.79 Å². The van der Waals surface area contributed by atoms with Gasteiger partial charge in [-0.2, -0.15) is 5.10 Å². The van der Waals surface area contributed by atoms with Crippen LogP contribution in [0.2, 0.25) is 0 Å². The Morgan fingerprint density at radius 1 is 1.10 bits per heavy atom. The molecule has 158 valence electrons. The molecule has 2 heterocycles. The lowest BCUT2D eigenvalue weighted by Crippen LogP contribution is -2.49. The Kier molecular flexibility index (Phi) is 5.57. The molecule has 1 N–H and O–H groups in total. The lowest BCUT2D eigenvalue weighted by molar-refractivity contribution is -0.137. The number of aromatic nitrogens is 2. The molecule has 30 heavy (non-hydrogen) atoms. The fourth-order valence-corrected chi connectivity index (χ4v) is 4.52. The van der Waals surface area contributed by atoms with E-state index in [0.717, 1.165) is 35.3 Å². The van der Waals surface area contributed by atoms with Gasteiger partial charge in [0, 0.05) is 26.0 Å². The Morgan fingerprint density at radius 2 is 1.83 bits per heavy atom. The fourth-order valence-electron chi connectivity index (χ4n) is 4.52. The van der Waals surface area contributed by atoms with E-state index in [0.29, 0.717) is 25.9 Å². The van der Waals surface area contributed by atoms with Gasteiger partial charge in [0.15, 0.2) is 0 Å². The minimum Gasteiger partial charge on any atom is -0.350 e. The van der Waals surface area contributed by atoms with E-state index in [1.54, 1.807) is 18.1 Å². The SMILES string of the molecule is CN1C(=O)N(CC(=O)NCc2ccccc2Cn2cccn2)C(=O)C12CCCCC2. The van der Waals surface area contributed by atoms with E-state index in [1.807, 2.05) is 41.2 Å². The monoisotopic (exact) mass is 409 g/mol. The number of hydrogen-bond acceptors (Lipinski definition) is 4. The summed E-state index contributed by atoms with van der Waals surface area (Å²) in [6.45, 7) is 0.689. The zero-order valence-corrected chi connectivity index (χ0v) is 17.2. The first-order valence-corrected chi connectivity index (χ1v) is 10.4. The van der Waals surface area contributed by atoms with Gasteiger partial charge >= 0.3 is 6.03 Å². The van der Waals surface area contributed by atoms with Gasteiger partial charge in [0.05, 0.1) is 6.54 Å². The molecule has 1 saturated heterocycles. The standard InChI is InChI=1S/C22H27N5O3/c1-25-21(30)27(20(29)22(25)10-5-2-6-11-22)16-19(28)23-14-17-8-3-4-9-18(17)15-26-13-7-12-24-26/h3-4,7-9,12-13H,2,5-6,10-11,14-16H2,1H3,(H,23,28). The molecule has 1 aliphatic heterocycles. The second kappa shape index (κ2) is 8.30. The largest absolute Gasteiger partial charge is 0.350 e. The average molecular weight is 409 g/mol. The minimum absolute atomic E-state index is 0.232. The van der Waals surface area contributed by atoms with Crippen molar-refractivity contribution in [2.45, 2.75) is 50.7 Å². The summed E-state index contributed by atoms with van der Waals surface area (Å²) < 4.78 is 1.82. The molecule has 1 aromatic heterocycles. The Labute approximate surface area is 175 Å². The first-order valence-electron chi connectivity index (χ1n) is 10.4. The molecule has 2 aliphatic rings. The topological polar surface area (TPSA) is 87.5 Å². The van der Waals surface area contributed by atoms with Crippen LogP contribution in [0.3, 0.4) is 0 Å². The molecule has 0 unspecified atom stereocenters. The zero-order valence-electron chi connectivity index (χ0n) is 17.2. The summed E-state index contributed by atoms with van der Waals surface area (Å²) in [7, 11) is 1.68. The highest BCUT2D eigenvalue weighted by atomic mass is 16.2. The second-order valence-electron chi connectivity index (χ2n) is 8.07. The van der Waals surface area contributed by atoms with Crippen LogP contribution in [0.25, 0.3) is 0 Å². The Hall–Kier alpha value is -3.16. The van der Waals surface area contributed by atoms with E-state index < -0.39 is 5.54 Å². The molecule has 1 saturated carbocycles. The quantitative estimate of drug-likeness (QED) is 0.741. The third-order valence-electron chi connectivity index (χ3n) is 6.27. The van der Waals surface area contributed by atoms with E-state index in [2.05, 4.69) is 10.4 Å². The van der Waals surface area contributed by atoms with Gasteiger partial charge in [0.25, 0.3) is 5.91 Å². The normalized spacial score (nSPS) is 18.3. The van der Waals surface area contributed by atoms with Gasteiger partial charge in [-0.15, -0.1) is 0 Å². The number of hydrogen-bond donors (Lipinski definition) is 1. The lowest BCUT2D eigenvalue weighted by atomic mass is 9.81. The number of nitrogens with zero attached hydrogens (tertiary/aromatic N) is 4. The van der Waals surface area contributed by atoms with Gasteiger partial charge in [-0.1, -0.05) is 43.5 Å². The van der Waals surface area contributed by atoms with Crippen molar-refractivity contribution in [2.24, 2.45) is 0 Å². The molecule has 1 spiro atoms. The zero-order chi connectivity index (χ0) is 21.1. The number of nitrogens with one attached hydrogen (secondary N) is 1. The van der Waals surface area contributed by atoms with Crippen LogP contribution in [0.5, 0.6) is 0 Å². The number of benzene rings is 1. The Morgan fingerprint density at radius 3 is 2.53 bits per heavy atom. The van der Waals surface area contributed by atoms with Gasteiger partial charge in [-0.05, 0) is 30.0 Å². The van der Waals surface area contributed by atoms with Crippen LogP contribution in [0.15, 0.2) is 42.7 Å². The molecule has 8 nitrogen and oxygen atoms in total. The van der Waals surface area contributed by atoms with Crippen LogP contribution in [-0.4, -0.2) is 56.6 Å². The van der Waals surface area contributed by atoms with E-state index in [4.69, 9.17) is 0 Å². The van der Waals surface area contributed by atoms with Crippen molar-refractivity contribution >= 4 is 17.8 Å². The minimum atomic E-state index is -0.758. The first-order chi connectivity index (χ1) is 14.5.